The van der Waals surface area contributed by atoms with Crippen LogP contribution >= 0.6 is 0 Å². The van der Waals surface area contributed by atoms with Gasteiger partial charge in [0.1, 0.15) is 24.2 Å². The number of rotatable bonds is 6. The van der Waals surface area contributed by atoms with Crippen molar-refractivity contribution in [2.75, 3.05) is 19.5 Å². The molecule has 0 unspecified atom stereocenters. The Labute approximate surface area is 145 Å². The molecular weight excluding hydrogens is 320 g/mol. The van der Waals surface area contributed by atoms with E-state index < -0.39 is 0 Å². The molecule has 2 aromatic carbocycles. The zero-order chi connectivity index (χ0) is 17.6. The lowest BCUT2D eigenvalue weighted by Gasteiger charge is -2.12. The lowest BCUT2D eigenvalue weighted by atomic mass is 10.1. The molecule has 0 bridgehead atoms. The monoisotopic (exact) mass is 338 g/mol. The van der Waals surface area contributed by atoms with Crippen LogP contribution in [0.15, 0.2) is 55.1 Å². The van der Waals surface area contributed by atoms with Gasteiger partial charge in [0.2, 0.25) is 0 Å². The van der Waals surface area contributed by atoms with E-state index >= 15 is 0 Å². The highest BCUT2D eigenvalue weighted by atomic mass is 16.5. The van der Waals surface area contributed by atoms with Crippen LogP contribution in [0, 0.1) is 0 Å². The van der Waals surface area contributed by atoms with Crippen LogP contribution in [0.3, 0.4) is 0 Å². The minimum Gasteiger partial charge on any atom is -0.497 e. The molecule has 0 aliphatic heterocycles. The number of nitrogens with one attached hydrogen (secondary N) is 1. The average molecular weight is 338 g/mol. The van der Waals surface area contributed by atoms with Crippen LogP contribution in [0.25, 0.3) is 0 Å². The third-order valence-electron chi connectivity index (χ3n) is 3.68. The number of benzene rings is 2. The summed E-state index contributed by atoms with van der Waals surface area (Å²) in [6.07, 6.45) is 3.14. The van der Waals surface area contributed by atoms with E-state index in [0.717, 1.165) is 5.56 Å². The van der Waals surface area contributed by atoms with E-state index in [9.17, 15) is 4.79 Å². The SMILES string of the molecule is COc1ccc(OC)c(NC(=O)c2ccc(Cn3cncn3)cc2)c1. The number of hydrogen-bond donors (Lipinski definition) is 1. The van der Waals surface area contributed by atoms with Gasteiger partial charge in [0.25, 0.3) is 5.91 Å². The first kappa shape index (κ1) is 16.5. The Morgan fingerprint density at radius 2 is 1.92 bits per heavy atom. The number of hydrogen-bond acceptors (Lipinski definition) is 5. The quantitative estimate of drug-likeness (QED) is 0.747. The summed E-state index contributed by atoms with van der Waals surface area (Å²) in [6, 6.07) is 12.6. The Morgan fingerprint density at radius 3 is 2.56 bits per heavy atom. The number of carbonyl (C=O) groups is 1. The fourth-order valence-electron chi connectivity index (χ4n) is 2.37. The minimum atomic E-state index is -0.223. The van der Waals surface area contributed by atoms with E-state index in [4.69, 9.17) is 9.47 Å². The maximum atomic E-state index is 12.5. The normalized spacial score (nSPS) is 10.3. The van der Waals surface area contributed by atoms with Gasteiger partial charge in [-0.05, 0) is 29.8 Å². The molecule has 7 nitrogen and oxygen atoms in total. The van der Waals surface area contributed by atoms with E-state index in [-0.39, 0.29) is 5.91 Å². The second-order valence-electron chi connectivity index (χ2n) is 5.31. The van der Waals surface area contributed by atoms with E-state index in [0.29, 0.717) is 29.3 Å². The van der Waals surface area contributed by atoms with Gasteiger partial charge in [-0.2, -0.15) is 5.10 Å². The van der Waals surface area contributed by atoms with Crippen molar-refractivity contribution in [3.05, 3.63) is 66.2 Å². The number of amides is 1. The predicted molar refractivity (Wildman–Crippen MR) is 93.1 cm³/mol. The largest absolute Gasteiger partial charge is 0.497 e. The van der Waals surface area contributed by atoms with Gasteiger partial charge < -0.3 is 14.8 Å². The Morgan fingerprint density at radius 1 is 1.12 bits per heavy atom. The Bertz CT molecular complexity index is 845. The summed E-state index contributed by atoms with van der Waals surface area (Å²) >= 11 is 0. The number of nitrogens with zero attached hydrogens (tertiary/aromatic N) is 3. The van der Waals surface area contributed by atoms with Gasteiger partial charge in [0.05, 0.1) is 26.5 Å². The van der Waals surface area contributed by atoms with Gasteiger partial charge in [-0.25, -0.2) is 9.67 Å². The van der Waals surface area contributed by atoms with Crippen LogP contribution in [-0.4, -0.2) is 34.9 Å². The highest BCUT2D eigenvalue weighted by molar-refractivity contribution is 6.05. The second kappa shape index (κ2) is 7.48. The molecule has 25 heavy (non-hydrogen) atoms. The summed E-state index contributed by atoms with van der Waals surface area (Å²) in [5.74, 6) is 0.982. The van der Waals surface area contributed by atoms with Crippen molar-refractivity contribution in [1.82, 2.24) is 14.8 Å². The van der Waals surface area contributed by atoms with E-state index in [1.54, 1.807) is 55.6 Å². The summed E-state index contributed by atoms with van der Waals surface area (Å²) in [4.78, 5) is 16.4. The molecule has 1 aromatic heterocycles. The van der Waals surface area contributed by atoms with Crippen molar-refractivity contribution >= 4 is 11.6 Å². The maximum Gasteiger partial charge on any atom is 0.255 e. The smallest absolute Gasteiger partial charge is 0.255 e. The molecule has 0 fully saturated rings. The Hall–Kier alpha value is -3.35. The molecule has 0 aliphatic carbocycles. The fraction of sp³-hybridized carbons (Fsp3) is 0.167. The number of anilines is 1. The van der Waals surface area contributed by atoms with Crippen LogP contribution in [0.5, 0.6) is 11.5 Å². The van der Waals surface area contributed by atoms with Gasteiger partial charge in [0.15, 0.2) is 0 Å². The topological polar surface area (TPSA) is 78.3 Å². The van der Waals surface area contributed by atoms with Gasteiger partial charge >= 0.3 is 0 Å². The van der Waals surface area contributed by atoms with Crippen LogP contribution in [-0.2, 0) is 6.54 Å². The summed E-state index contributed by atoms with van der Waals surface area (Å²) in [5, 5.41) is 6.91. The van der Waals surface area contributed by atoms with E-state index in [2.05, 4.69) is 15.4 Å². The van der Waals surface area contributed by atoms with Crippen LogP contribution in [0.4, 0.5) is 5.69 Å². The molecule has 128 valence electrons. The highest BCUT2D eigenvalue weighted by Gasteiger charge is 2.11. The van der Waals surface area contributed by atoms with Crippen LogP contribution in [0.2, 0.25) is 0 Å². The van der Waals surface area contributed by atoms with Gasteiger partial charge in [-0.15, -0.1) is 0 Å². The number of carbonyl (C=O) groups excluding carboxylic acids is 1. The minimum absolute atomic E-state index is 0.223. The van der Waals surface area contributed by atoms with Crippen molar-refractivity contribution < 1.29 is 14.3 Å². The van der Waals surface area contributed by atoms with Gasteiger partial charge in [-0.1, -0.05) is 12.1 Å². The summed E-state index contributed by atoms with van der Waals surface area (Å²) in [6.45, 7) is 0.603. The molecule has 3 aromatic rings. The zero-order valence-corrected chi connectivity index (χ0v) is 14.0. The molecule has 7 heteroatoms. The highest BCUT2D eigenvalue weighted by Crippen LogP contribution is 2.29. The summed E-state index contributed by atoms with van der Waals surface area (Å²) < 4.78 is 12.2. The first-order valence-electron chi connectivity index (χ1n) is 7.64. The van der Waals surface area contributed by atoms with Crippen molar-refractivity contribution in [2.24, 2.45) is 0 Å². The number of ether oxygens (including phenoxy) is 2. The predicted octanol–water partition coefficient (Wildman–Crippen LogP) is 2.60. The maximum absolute atomic E-state index is 12.5. The molecule has 0 spiro atoms. The second-order valence-corrected chi connectivity index (χ2v) is 5.31. The average Bonchev–Trinajstić information content (AvgIpc) is 3.15. The fourth-order valence-corrected chi connectivity index (χ4v) is 2.37. The van der Waals surface area contributed by atoms with E-state index in [1.807, 2.05) is 12.1 Å². The van der Waals surface area contributed by atoms with Gasteiger partial charge in [0, 0.05) is 11.6 Å². The standard InChI is InChI=1S/C18H18N4O3/c1-24-15-7-8-17(25-2)16(9-15)21-18(23)14-5-3-13(4-6-14)10-22-12-19-11-20-22/h3-9,11-12H,10H2,1-2H3,(H,21,23). The molecule has 3 rings (SSSR count). The Kier molecular flexibility index (Phi) is 4.94. The molecular formula is C18H18N4O3. The molecule has 1 N–H and O–H groups in total. The van der Waals surface area contributed by atoms with Crippen LogP contribution in [0.1, 0.15) is 15.9 Å². The van der Waals surface area contributed by atoms with E-state index in [1.165, 1.54) is 6.33 Å². The molecule has 0 saturated carbocycles. The number of aromatic nitrogens is 3. The first-order valence-corrected chi connectivity index (χ1v) is 7.64. The molecule has 0 saturated heterocycles. The lowest BCUT2D eigenvalue weighted by Crippen LogP contribution is -2.13. The Balaban J connectivity index is 1.73. The van der Waals surface area contributed by atoms with Gasteiger partial charge in [-0.3, -0.25) is 4.79 Å². The third-order valence-corrected chi connectivity index (χ3v) is 3.68. The third kappa shape index (κ3) is 3.95. The van der Waals surface area contributed by atoms with Crippen molar-refractivity contribution in [3.63, 3.8) is 0 Å². The summed E-state index contributed by atoms with van der Waals surface area (Å²) in [7, 11) is 3.12. The molecule has 0 atom stereocenters. The molecule has 0 aliphatic rings. The molecule has 1 amide bonds. The molecule has 0 radical (unpaired) electrons. The van der Waals surface area contributed by atoms with Crippen molar-refractivity contribution in [1.29, 1.82) is 0 Å². The lowest BCUT2D eigenvalue weighted by molar-refractivity contribution is 0.102. The van der Waals surface area contributed by atoms with Crippen molar-refractivity contribution in [2.45, 2.75) is 6.54 Å². The van der Waals surface area contributed by atoms with Crippen LogP contribution < -0.4 is 14.8 Å². The molecule has 1 heterocycles. The first-order chi connectivity index (χ1) is 12.2. The number of methoxy groups -OCH3 is 2. The summed E-state index contributed by atoms with van der Waals surface area (Å²) in [5.41, 5.74) is 2.13. The zero-order valence-electron chi connectivity index (χ0n) is 14.0. The van der Waals surface area contributed by atoms with Crippen molar-refractivity contribution in [3.8, 4) is 11.5 Å².